The number of hydrogen-bond acceptors (Lipinski definition) is 4. The van der Waals surface area contributed by atoms with E-state index in [2.05, 4.69) is 26.0 Å². The fourth-order valence-electron chi connectivity index (χ4n) is 1.29. The number of benzene rings is 1. The van der Waals surface area contributed by atoms with E-state index in [9.17, 15) is 12.8 Å². The fourth-order valence-corrected chi connectivity index (χ4v) is 2.91. The van der Waals surface area contributed by atoms with Gasteiger partial charge in [0.25, 0.3) is 0 Å². The van der Waals surface area contributed by atoms with E-state index in [1.165, 1.54) is 13.2 Å². The molecule has 0 heterocycles. The van der Waals surface area contributed by atoms with Gasteiger partial charge in [-0.05, 0) is 42.0 Å². The molecule has 108 valence electrons. The Hall–Kier alpha value is -0.700. The van der Waals surface area contributed by atoms with Crippen LogP contribution in [0, 0.1) is 5.82 Å². The molecule has 0 fully saturated rings. The SMILES string of the molecule is CNC(C)CNS(=O)(=O)c1cc(F)c(Br)cc1OC. The topological polar surface area (TPSA) is 67.4 Å². The van der Waals surface area contributed by atoms with Crippen LogP contribution in [-0.2, 0) is 10.0 Å². The van der Waals surface area contributed by atoms with Crippen LogP contribution in [0.5, 0.6) is 5.75 Å². The second-order valence-corrected chi connectivity index (χ2v) is 6.55. The highest BCUT2D eigenvalue weighted by Gasteiger charge is 2.22. The van der Waals surface area contributed by atoms with Gasteiger partial charge >= 0.3 is 0 Å². The van der Waals surface area contributed by atoms with E-state index in [4.69, 9.17) is 4.74 Å². The highest BCUT2D eigenvalue weighted by Crippen LogP contribution is 2.29. The van der Waals surface area contributed by atoms with Gasteiger partial charge in [0.2, 0.25) is 10.0 Å². The Kier molecular flexibility index (Phi) is 5.72. The van der Waals surface area contributed by atoms with Crippen molar-refractivity contribution in [3.8, 4) is 5.75 Å². The maximum absolute atomic E-state index is 13.5. The summed E-state index contributed by atoms with van der Waals surface area (Å²) in [6.45, 7) is 2.02. The molecule has 19 heavy (non-hydrogen) atoms. The molecule has 1 unspecified atom stereocenters. The Morgan fingerprint density at radius 2 is 2.11 bits per heavy atom. The standard InChI is InChI=1S/C11H16BrFN2O3S/c1-7(14-2)6-15-19(16,17)11-5-9(13)8(12)4-10(11)18-3/h4-5,7,14-15H,6H2,1-3H3. The van der Waals surface area contributed by atoms with E-state index < -0.39 is 15.8 Å². The van der Waals surface area contributed by atoms with Crippen molar-refractivity contribution < 1.29 is 17.5 Å². The van der Waals surface area contributed by atoms with Gasteiger partial charge in [-0.2, -0.15) is 0 Å². The van der Waals surface area contributed by atoms with Crippen molar-refractivity contribution in [3.63, 3.8) is 0 Å². The van der Waals surface area contributed by atoms with Crippen molar-refractivity contribution in [2.24, 2.45) is 0 Å². The van der Waals surface area contributed by atoms with Gasteiger partial charge in [-0.1, -0.05) is 0 Å². The fraction of sp³-hybridized carbons (Fsp3) is 0.455. The van der Waals surface area contributed by atoms with Crippen LogP contribution >= 0.6 is 15.9 Å². The van der Waals surface area contributed by atoms with Crippen molar-refractivity contribution >= 4 is 26.0 Å². The molecular weight excluding hydrogens is 339 g/mol. The molecule has 0 aliphatic rings. The summed E-state index contributed by atoms with van der Waals surface area (Å²) in [7, 11) is -0.774. The zero-order valence-corrected chi connectivity index (χ0v) is 13.2. The van der Waals surface area contributed by atoms with Gasteiger partial charge in [0.15, 0.2) is 0 Å². The van der Waals surface area contributed by atoms with E-state index in [1.807, 2.05) is 6.92 Å². The second-order valence-electron chi connectivity index (χ2n) is 3.96. The lowest BCUT2D eigenvalue weighted by Gasteiger charge is -2.14. The van der Waals surface area contributed by atoms with Gasteiger partial charge in [0.05, 0.1) is 11.6 Å². The molecule has 0 amide bonds. The predicted octanol–water partition coefficient (Wildman–Crippen LogP) is 1.48. The minimum Gasteiger partial charge on any atom is -0.495 e. The number of halogens is 2. The third-order valence-corrected chi connectivity index (χ3v) is 4.62. The first-order valence-electron chi connectivity index (χ1n) is 5.51. The third-order valence-electron chi connectivity index (χ3n) is 2.57. The number of nitrogens with one attached hydrogen (secondary N) is 2. The number of sulfonamides is 1. The van der Waals surface area contributed by atoms with Crippen molar-refractivity contribution in [1.29, 1.82) is 0 Å². The first kappa shape index (κ1) is 16.4. The summed E-state index contributed by atoms with van der Waals surface area (Å²) in [6, 6.07) is 2.17. The molecule has 1 aromatic rings. The molecule has 0 radical (unpaired) electrons. The Bertz CT molecular complexity index is 551. The van der Waals surface area contributed by atoms with Crippen LogP contribution < -0.4 is 14.8 Å². The molecule has 0 saturated carbocycles. The molecule has 1 rings (SSSR count). The number of methoxy groups -OCH3 is 1. The van der Waals surface area contributed by atoms with Gasteiger partial charge in [-0.25, -0.2) is 17.5 Å². The average Bonchev–Trinajstić information content (AvgIpc) is 2.38. The van der Waals surface area contributed by atoms with Gasteiger partial charge in [-0.15, -0.1) is 0 Å². The average molecular weight is 355 g/mol. The van der Waals surface area contributed by atoms with Crippen molar-refractivity contribution in [1.82, 2.24) is 10.0 Å². The lowest BCUT2D eigenvalue weighted by atomic mass is 10.3. The number of hydrogen-bond donors (Lipinski definition) is 2. The van der Waals surface area contributed by atoms with Crippen LogP contribution in [0.3, 0.4) is 0 Å². The van der Waals surface area contributed by atoms with E-state index >= 15 is 0 Å². The highest BCUT2D eigenvalue weighted by molar-refractivity contribution is 9.10. The molecule has 0 aliphatic heterocycles. The maximum Gasteiger partial charge on any atom is 0.244 e. The minimum absolute atomic E-state index is 0.0407. The Morgan fingerprint density at radius 3 is 2.63 bits per heavy atom. The lowest BCUT2D eigenvalue weighted by molar-refractivity contribution is 0.400. The number of likely N-dealkylation sites (N-methyl/N-ethyl adjacent to an activating group) is 1. The van der Waals surface area contributed by atoms with Gasteiger partial charge < -0.3 is 10.1 Å². The molecule has 0 spiro atoms. The molecule has 0 aromatic heterocycles. The van der Waals surface area contributed by atoms with Crippen molar-refractivity contribution in [2.75, 3.05) is 20.7 Å². The van der Waals surface area contributed by atoms with Crippen LogP contribution in [-0.4, -0.2) is 35.2 Å². The molecular formula is C11H16BrFN2O3S. The summed E-state index contributed by atoms with van der Waals surface area (Å²) in [5, 5.41) is 2.90. The minimum atomic E-state index is -3.82. The van der Waals surface area contributed by atoms with Crippen LogP contribution in [0.4, 0.5) is 4.39 Å². The summed E-state index contributed by atoms with van der Waals surface area (Å²) < 4.78 is 45.2. The number of ether oxygens (including phenoxy) is 1. The predicted molar refractivity (Wildman–Crippen MR) is 74.4 cm³/mol. The zero-order chi connectivity index (χ0) is 14.6. The van der Waals surface area contributed by atoms with E-state index in [0.717, 1.165) is 6.07 Å². The van der Waals surface area contributed by atoms with Gasteiger partial charge in [0.1, 0.15) is 16.5 Å². The summed E-state index contributed by atoms with van der Waals surface area (Å²) in [5.41, 5.74) is 0. The maximum atomic E-state index is 13.5. The summed E-state index contributed by atoms with van der Waals surface area (Å²) >= 11 is 2.98. The van der Waals surface area contributed by atoms with Crippen molar-refractivity contribution in [2.45, 2.75) is 17.9 Å². The normalized spacial score (nSPS) is 13.3. The summed E-state index contributed by atoms with van der Waals surface area (Å²) in [4.78, 5) is -0.223. The van der Waals surface area contributed by atoms with Crippen LogP contribution in [0.25, 0.3) is 0 Å². The van der Waals surface area contributed by atoms with Crippen molar-refractivity contribution in [3.05, 3.63) is 22.4 Å². The molecule has 1 aromatic carbocycles. The Morgan fingerprint density at radius 1 is 1.47 bits per heavy atom. The molecule has 0 aliphatic carbocycles. The first-order valence-corrected chi connectivity index (χ1v) is 7.79. The van der Waals surface area contributed by atoms with Gasteiger partial charge in [-0.3, -0.25) is 0 Å². The van der Waals surface area contributed by atoms with E-state index in [0.29, 0.717) is 0 Å². The zero-order valence-electron chi connectivity index (χ0n) is 10.8. The number of rotatable bonds is 6. The first-order chi connectivity index (χ1) is 8.81. The molecule has 8 heteroatoms. The second kappa shape index (κ2) is 6.65. The molecule has 1 atom stereocenters. The third kappa shape index (κ3) is 4.13. The summed E-state index contributed by atoms with van der Waals surface area (Å²) in [6.07, 6.45) is 0. The Labute approximate surface area is 120 Å². The molecule has 2 N–H and O–H groups in total. The van der Waals surface area contributed by atoms with Crippen LogP contribution in [0.1, 0.15) is 6.92 Å². The molecule has 5 nitrogen and oxygen atoms in total. The van der Waals surface area contributed by atoms with E-state index in [1.54, 1.807) is 7.05 Å². The Balaban J connectivity index is 3.10. The van der Waals surface area contributed by atoms with Crippen LogP contribution in [0.15, 0.2) is 21.5 Å². The molecule has 0 saturated heterocycles. The monoisotopic (exact) mass is 354 g/mol. The smallest absolute Gasteiger partial charge is 0.244 e. The molecule has 0 bridgehead atoms. The largest absolute Gasteiger partial charge is 0.495 e. The lowest BCUT2D eigenvalue weighted by Crippen LogP contribution is -2.37. The van der Waals surface area contributed by atoms with Gasteiger partial charge in [0, 0.05) is 12.6 Å². The summed E-state index contributed by atoms with van der Waals surface area (Å²) in [5.74, 6) is -0.583. The quantitative estimate of drug-likeness (QED) is 0.811. The highest BCUT2D eigenvalue weighted by atomic mass is 79.9. The van der Waals surface area contributed by atoms with E-state index in [-0.39, 0.29) is 27.7 Å². The van der Waals surface area contributed by atoms with Crippen LogP contribution in [0.2, 0.25) is 0 Å².